The summed E-state index contributed by atoms with van der Waals surface area (Å²) in [4.78, 5) is 12.3. The summed E-state index contributed by atoms with van der Waals surface area (Å²) >= 11 is 12.5. The van der Waals surface area contributed by atoms with Crippen molar-refractivity contribution in [2.45, 2.75) is 6.61 Å². The van der Waals surface area contributed by atoms with Crippen molar-refractivity contribution in [2.24, 2.45) is 5.10 Å². The van der Waals surface area contributed by atoms with Crippen molar-refractivity contribution in [3.63, 3.8) is 0 Å². The summed E-state index contributed by atoms with van der Waals surface area (Å²) in [6, 6.07) is 14.0. The molecule has 6 nitrogen and oxygen atoms in total. The van der Waals surface area contributed by atoms with Gasteiger partial charge in [0.25, 0.3) is 5.91 Å². The van der Waals surface area contributed by atoms with Crippen LogP contribution in [0, 0.1) is 5.82 Å². The van der Waals surface area contributed by atoms with Crippen molar-refractivity contribution < 1.29 is 23.4 Å². The average molecular weight is 477 g/mol. The molecular formula is C23H19Cl2FN2O4. The zero-order valence-electron chi connectivity index (χ0n) is 17.2. The molecule has 0 saturated heterocycles. The Morgan fingerprint density at radius 2 is 1.75 bits per heavy atom. The molecule has 3 aromatic rings. The fraction of sp³-hybridized carbons (Fsp3) is 0.130. The number of hydrazone groups is 1. The van der Waals surface area contributed by atoms with Crippen molar-refractivity contribution >= 4 is 35.3 Å². The third-order valence-corrected chi connectivity index (χ3v) is 4.88. The zero-order chi connectivity index (χ0) is 23.1. The highest BCUT2D eigenvalue weighted by atomic mass is 35.5. The first-order valence-corrected chi connectivity index (χ1v) is 10.1. The number of methoxy groups -OCH3 is 2. The summed E-state index contributed by atoms with van der Waals surface area (Å²) in [5.74, 6) is 0.414. The van der Waals surface area contributed by atoms with Gasteiger partial charge in [-0.25, -0.2) is 9.82 Å². The van der Waals surface area contributed by atoms with Crippen LogP contribution in [-0.4, -0.2) is 26.3 Å². The topological polar surface area (TPSA) is 69.2 Å². The van der Waals surface area contributed by atoms with Gasteiger partial charge in [-0.15, -0.1) is 0 Å². The van der Waals surface area contributed by atoms with Crippen molar-refractivity contribution in [1.82, 2.24) is 5.43 Å². The molecule has 0 aliphatic rings. The second kappa shape index (κ2) is 10.8. The van der Waals surface area contributed by atoms with E-state index in [1.165, 1.54) is 32.6 Å². The van der Waals surface area contributed by atoms with E-state index in [1.807, 2.05) is 0 Å². The first kappa shape index (κ1) is 23.4. The van der Waals surface area contributed by atoms with Crippen molar-refractivity contribution in [3.8, 4) is 17.2 Å². The molecule has 0 bridgehead atoms. The minimum Gasteiger partial charge on any atom is -0.493 e. The minimum atomic E-state index is -0.436. The van der Waals surface area contributed by atoms with Crippen molar-refractivity contribution in [3.05, 3.63) is 87.2 Å². The quantitative estimate of drug-likeness (QED) is 0.344. The Morgan fingerprint density at radius 1 is 1.03 bits per heavy atom. The molecule has 0 atom stereocenters. The van der Waals surface area contributed by atoms with Gasteiger partial charge in [0, 0.05) is 5.56 Å². The molecule has 3 rings (SSSR count). The maximum atomic E-state index is 13.3. The van der Waals surface area contributed by atoms with E-state index in [0.717, 1.165) is 0 Å². The number of amides is 1. The number of nitrogens with zero attached hydrogens (tertiary/aromatic N) is 1. The lowest BCUT2D eigenvalue weighted by Gasteiger charge is -2.11. The number of carbonyl (C=O) groups is 1. The molecule has 0 aliphatic carbocycles. The maximum absolute atomic E-state index is 13.3. The largest absolute Gasteiger partial charge is 0.493 e. The fourth-order valence-electron chi connectivity index (χ4n) is 2.78. The Morgan fingerprint density at radius 3 is 2.41 bits per heavy atom. The van der Waals surface area contributed by atoms with E-state index in [1.54, 1.807) is 42.5 Å². The second-order valence-corrected chi connectivity index (χ2v) is 7.32. The summed E-state index contributed by atoms with van der Waals surface area (Å²) < 4.78 is 29.3. The fourth-order valence-corrected chi connectivity index (χ4v) is 3.39. The van der Waals surface area contributed by atoms with Crippen LogP contribution in [0.1, 0.15) is 21.5 Å². The van der Waals surface area contributed by atoms with Gasteiger partial charge in [0.15, 0.2) is 17.2 Å². The molecule has 1 amide bonds. The number of rotatable bonds is 8. The minimum absolute atomic E-state index is 0.103. The first-order valence-electron chi connectivity index (χ1n) is 9.33. The smallest absolute Gasteiger partial charge is 0.271 e. The van der Waals surface area contributed by atoms with Crippen LogP contribution >= 0.6 is 23.2 Å². The number of nitrogens with one attached hydrogen (secondary N) is 1. The monoisotopic (exact) mass is 476 g/mol. The third kappa shape index (κ3) is 5.90. The van der Waals surface area contributed by atoms with E-state index in [-0.39, 0.29) is 28.2 Å². The van der Waals surface area contributed by atoms with Gasteiger partial charge in [-0.1, -0.05) is 35.3 Å². The van der Waals surface area contributed by atoms with Crippen molar-refractivity contribution in [2.75, 3.05) is 14.2 Å². The number of halogens is 3. The lowest BCUT2D eigenvalue weighted by Crippen LogP contribution is -2.17. The van der Waals surface area contributed by atoms with Gasteiger partial charge >= 0.3 is 0 Å². The van der Waals surface area contributed by atoms with Gasteiger partial charge in [0.05, 0.1) is 30.5 Å². The Labute approximate surface area is 194 Å². The van der Waals surface area contributed by atoms with Crippen LogP contribution < -0.4 is 19.6 Å². The van der Waals surface area contributed by atoms with Crippen LogP contribution in [0.3, 0.4) is 0 Å². The molecule has 0 fully saturated rings. The zero-order valence-corrected chi connectivity index (χ0v) is 18.7. The Balaban J connectivity index is 1.65. The van der Waals surface area contributed by atoms with Gasteiger partial charge in [0.2, 0.25) is 0 Å². The van der Waals surface area contributed by atoms with Crippen molar-refractivity contribution in [1.29, 1.82) is 0 Å². The molecule has 0 spiro atoms. The lowest BCUT2D eigenvalue weighted by molar-refractivity contribution is 0.0954. The van der Waals surface area contributed by atoms with Crippen LogP contribution in [0.5, 0.6) is 17.2 Å². The summed E-state index contributed by atoms with van der Waals surface area (Å²) in [5.41, 5.74) is 3.95. The second-order valence-electron chi connectivity index (χ2n) is 6.50. The molecule has 166 valence electrons. The van der Waals surface area contributed by atoms with Gasteiger partial charge in [0.1, 0.15) is 12.4 Å². The third-order valence-electron chi connectivity index (χ3n) is 4.32. The molecular weight excluding hydrogens is 458 g/mol. The van der Waals surface area contributed by atoms with E-state index >= 15 is 0 Å². The van der Waals surface area contributed by atoms with Gasteiger partial charge in [-0.05, 0) is 53.6 Å². The Bertz CT molecular complexity index is 1130. The summed E-state index contributed by atoms with van der Waals surface area (Å²) in [6.07, 6.45) is 1.40. The predicted molar refractivity (Wildman–Crippen MR) is 122 cm³/mol. The van der Waals surface area contributed by atoms with E-state index < -0.39 is 5.91 Å². The molecule has 32 heavy (non-hydrogen) atoms. The normalized spacial score (nSPS) is 10.8. The number of carbonyl (C=O) groups excluding carboxylic acids is 1. The number of benzene rings is 3. The van der Waals surface area contributed by atoms with Crippen LogP contribution in [-0.2, 0) is 6.61 Å². The summed E-state index contributed by atoms with van der Waals surface area (Å²) in [7, 11) is 2.99. The number of hydrogen-bond acceptors (Lipinski definition) is 5. The molecule has 0 radical (unpaired) electrons. The first-order chi connectivity index (χ1) is 15.4. The highest BCUT2D eigenvalue weighted by Gasteiger charge is 2.12. The predicted octanol–water partition coefficient (Wildman–Crippen LogP) is 5.49. The summed E-state index contributed by atoms with van der Waals surface area (Å²) in [6.45, 7) is 0.103. The molecule has 0 heterocycles. The van der Waals surface area contributed by atoms with Crippen LogP contribution in [0.2, 0.25) is 10.0 Å². The highest BCUT2D eigenvalue weighted by Crippen LogP contribution is 2.34. The molecule has 3 aromatic carbocycles. The summed E-state index contributed by atoms with van der Waals surface area (Å²) in [5, 5.41) is 4.44. The molecule has 1 N–H and O–H groups in total. The van der Waals surface area contributed by atoms with Gasteiger partial charge < -0.3 is 14.2 Å². The van der Waals surface area contributed by atoms with E-state index in [2.05, 4.69) is 10.5 Å². The maximum Gasteiger partial charge on any atom is 0.271 e. The van der Waals surface area contributed by atoms with E-state index in [4.69, 9.17) is 37.4 Å². The molecule has 9 heteroatoms. The number of hydrogen-bond donors (Lipinski definition) is 1. The van der Waals surface area contributed by atoms with E-state index in [0.29, 0.717) is 28.2 Å². The van der Waals surface area contributed by atoms with Gasteiger partial charge in [-0.2, -0.15) is 5.10 Å². The molecule has 0 aliphatic heterocycles. The van der Waals surface area contributed by atoms with E-state index in [9.17, 15) is 9.18 Å². The Hall–Kier alpha value is -3.29. The molecule has 0 unspecified atom stereocenters. The standard InChI is InChI=1S/C23H19Cl2FN2O4/c1-30-20-7-6-16(11-21(20)31-2)23(29)28-27-12-15-9-18(24)22(19(25)10-15)32-13-14-4-3-5-17(26)8-14/h3-12H,13H2,1-2H3,(H,28,29)/b27-12+. The van der Waals surface area contributed by atoms with Crippen LogP contribution in [0.15, 0.2) is 59.7 Å². The number of ether oxygens (including phenoxy) is 3. The van der Waals surface area contributed by atoms with Crippen LogP contribution in [0.4, 0.5) is 4.39 Å². The molecule has 0 aromatic heterocycles. The molecule has 0 saturated carbocycles. The SMILES string of the molecule is COc1ccc(C(=O)N/N=C/c2cc(Cl)c(OCc3cccc(F)c3)c(Cl)c2)cc1OC. The lowest BCUT2D eigenvalue weighted by atomic mass is 10.2. The average Bonchev–Trinajstić information content (AvgIpc) is 2.78. The Kier molecular flexibility index (Phi) is 7.92. The van der Waals surface area contributed by atoms with Crippen LogP contribution in [0.25, 0.3) is 0 Å². The highest BCUT2D eigenvalue weighted by molar-refractivity contribution is 6.37. The van der Waals surface area contributed by atoms with Gasteiger partial charge in [-0.3, -0.25) is 4.79 Å².